The molecule has 4 aromatic rings. The van der Waals surface area contributed by atoms with Gasteiger partial charge in [0, 0.05) is 23.2 Å². The van der Waals surface area contributed by atoms with E-state index >= 15 is 0 Å². The van der Waals surface area contributed by atoms with E-state index in [4.69, 9.17) is 10.7 Å². The van der Waals surface area contributed by atoms with Crippen LogP contribution in [0.3, 0.4) is 0 Å². The average Bonchev–Trinajstić information content (AvgIpc) is 3.51. The highest BCUT2D eigenvalue weighted by atomic mass is 19.1. The molecular weight excluding hydrogens is 451 g/mol. The Balaban J connectivity index is 1.59. The second-order valence-electron chi connectivity index (χ2n) is 8.66. The van der Waals surface area contributed by atoms with Gasteiger partial charge in [0.2, 0.25) is 0 Å². The molecule has 3 N–H and O–H groups in total. The average molecular weight is 474 g/mol. The monoisotopic (exact) mass is 474 g/mol. The number of nitrogens with two attached hydrogens (primary N) is 1. The Labute approximate surface area is 199 Å². The molecule has 0 bridgehead atoms. The quantitative estimate of drug-likeness (QED) is 0.319. The fraction of sp³-hybridized carbons (Fsp3) is 0.240. The summed E-state index contributed by atoms with van der Waals surface area (Å²) in [6.07, 6.45) is 8.42. The number of nitrogen functional groups attached to an aromatic ring is 1. The first-order valence-corrected chi connectivity index (χ1v) is 11.2. The molecular formula is C25H23FN6O3. The second kappa shape index (κ2) is 8.79. The lowest BCUT2D eigenvalue weighted by molar-refractivity contribution is -0.142. The van der Waals surface area contributed by atoms with Crippen molar-refractivity contribution in [1.82, 2.24) is 24.4 Å². The molecule has 0 radical (unpaired) electrons. The molecule has 0 atom stereocenters. The topological polar surface area (TPSA) is 128 Å². The number of fused-ring (bicyclic) bond motifs is 1. The Bertz CT molecular complexity index is 1450. The Morgan fingerprint density at radius 2 is 1.83 bits per heavy atom. The molecule has 3 heterocycles. The molecule has 35 heavy (non-hydrogen) atoms. The molecule has 0 spiro atoms. The van der Waals surface area contributed by atoms with Gasteiger partial charge in [0.15, 0.2) is 11.4 Å². The van der Waals surface area contributed by atoms with Crippen molar-refractivity contribution >= 4 is 23.2 Å². The molecule has 3 aromatic heterocycles. The van der Waals surface area contributed by atoms with Crippen molar-refractivity contribution in [3.8, 4) is 16.8 Å². The number of nitrogens with zero attached hydrogens (tertiary/aromatic N) is 5. The van der Waals surface area contributed by atoms with Crippen molar-refractivity contribution in [3.05, 3.63) is 72.6 Å². The van der Waals surface area contributed by atoms with Crippen molar-refractivity contribution in [2.45, 2.75) is 31.6 Å². The normalized spacial score (nSPS) is 18.0. The largest absolute Gasteiger partial charge is 0.481 e. The standard InChI is InChI=1S/C25H23FN6O3/c1-2-20(33)21-22(14-3-5-15(6-4-14)25(34)35)30-24-19(12-29-32(24)23(21)27)16-11-28-31(13-16)18-9-7-17(26)8-10-18/h2,7-15H,1,3-6,27H2,(H,34,35). The summed E-state index contributed by atoms with van der Waals surface area (Å²) >= 11 is 0. The highest BCUT2D eigenvalue weighted by Crippen LogP contribution is 2.39. The minimum atomic E-state index is -0.801. The van der Waals surface area contributed by atoms with E-state index in [1.807, 2.05) is 0 Å². The molecule has 178 valence electrons. The Morgan fingerprint density at radius 1 is 1.11 bits per heavy atom. The fourth-order valence-electron chi connectivity index (χ4n) is 4.70. The first-order valence-electron chi connectivity index (χ1n) is 11.2. The highest BCUT2D eigenvalue weighted by Gasteiger charge is 2.32. The summed E-state index contributed by atoms with van der Waals surface area (Å²) in [6.45, 7) is 3.59. The lowest BCUT2D eigenvalue weighted by Crippen LogP contribution is -2.23. The van der Waals surface area contributed by atoms with Crippen LogP contribution in [0.15, 0.2) is 55.5 Å². The summed E-state index contributed by atoms with van der Waals surface area (Å²) in [5.74, 6) is -1.83. The van der Waals surface area contributed by atoms with Gasteiger partial charge in [-0.15, -0.1) is 0 Å². The van der Waals surface area contributed by atoms with Crippen LogP contribution in [0.4, 0.5) is 10.2 Å². The maximum atomic E-state index is 13.3. The van der Waals surface area contributed by atoms with Crippen LogP contribution < -0.4 is 5.73 Å². The summed E-state index contributed by atoms with van der Waals surface area (Å²) in [6, 6.07) is 5.96. The van der Waals surface area contributed by atoms with E-state index in [0.717, 1.165) is 5.56 Å². The number of aliphatic carboxylic acids is 1. The van der Waals surface area contributed by atoms with E-state index in [2.05, 4.69) is 16.8 Å². The number of ketones is 1. The zero-order valence-corrected chi connectivity index (χ0v) is 18.8. The molecule has 1 fully saturated rings. The van der Waals surface area contributed by atoms with E-state index in [0.29, 0.717) is 48.3 Å². The highest BCUT2D eigenvalue weighted by molar-refractivity contribution is 6.08. The van der Waals surface area contributed by atoms with Gasteiger partial charge in [0.1, 0.15) is 11.6 Å². The van der Waals surface area contributed by atoms with Crippen LogP contribution in [0.1, 0.15) is 47.7 Å². The zero-order chi connectivity index (χ0) is 24.7. The van der Waals surface area contributed by atoms with Crippen LogP contribution in [0, 0.1) is 11.7 Å². The van der Waals surface area contributed by atoms with E-state index < -0.39 is 11.9 Å². The van der Waals surface area contributed by atoms with Gasteiger partial charge in [-0.3, -0.25) is 9.59 Å². The van der Waals surface area contributed by atoms with Crippen LogP contribution in [-0.4, -0.2) is 41.2 Å². The number of rotatable bonds is 6. The number of anilines is 1. The number of halogens is 1. The maximum Gasteiger partial charge on any atom is 0.306 e. The SMILES string of the molecule is C=CC(=O)c1c(C2CCC(C(=O)O)CC2)nc2c(-c3cnn(-c4ccc(F)cc4)c3)cnn2c1N. The first kappa shape index (κ1) is 22.5. The fourth-order valence-corrected chi connectivity index (χ4v) is 4.70. The van der Waals surface area contributed by atoms with E-state index in [-0.39, 0.29) is 28.9 Å². The van der Waals surface area contributed by atoms with Gasteiger partial charge in [0.25, 0.3) is 0 Å². The molecule has 1 aliphatic rings. The smallest absolute Gasteiger partial charge is 0.306 e. The van der Waals surface area contributed by atoms with Gasteiger partial charge >= 0.3 is 5.97 Å². The number of carbonyl (C=O) groups is 2. The van der Waals surface area contributed by atoms with Crippen molar-refractivity contribution in [2.75, 3.05) is 5.73 Å². The third-order valence-corrected chi connectivity index (χ3v) is 6.59. The summed E-state index contributed by atoms with van der Waals surface area (Å²) in [4.78, 5) is 29.0. The van der Waals surface area contributed by atoms with Gasteiger partial charge in [-0.25, -0.2) is 14.1 Å². The molecule has 5 rings (SSSR count). The predicted octanol–water partition coefficient (Wildman–Crippen LogP) is 4.03. The summed E-state index contributed by atoms with van der Waals surface area (Å²) in [5.41, 5.74) is 9.76. The Hall–Kier alpha value is -4.34. The van der Waals surface area contributed by atoms with Crippen LogP contribution in [0.25, 0.3) is 22.5 Å². The van der Waals surface area contributed by atoms with E-state index in [1.54, 1.807) is 35.4 Å². The first-order chi connectivity index (χ1) is 16.9. The number of carboxylic acids is 1. The van der Waals surface area contributed by atoms with Gasteiger partial charge in [-0.2, -0.15) is 14.7 Å². The minimum absolute atomic E-state index is 0.110. The predicted molar refractivity (Wildman–Crippen MR) is 127 cm³/mol. The van der Waals surface area contributed by atoms with Crippen molar-refractivity contribution in [3.63, 3.8) is 0 Å². The zero-order valence-electron chi connectivity index (χ0n) is 18.8. The molecule has 1 aliphatic carbocycles. The number of hydrogen-bond acceptors (Lipinski definition) is 6. The number of aromatic nitrogens is 5. The van der Waals surface area contributed by atoms with Gasteiger partial charge in [-0.05, 0) is 56.0 Å². The third kappa shape index (κ3) is 3.96. The third-order valence-electron chi connectivity index (χ3n) is 6.59. The molecule has 0 amide bonds. The lowest BCUT2D eigenvalue weighted by atomic mass is 9.79. The number of carbonyl (C=O) groups excluding carboxylic acids is 1. The molecule has 1 saturated carbocycles. The molecule has 0 aliphatic heterocycles. The van der Waals surface area contributed by atoms with Crippen molar-refractivity contribution in [2.24, 2.45) is 5.92 Å². The van der Waals surface area contributed by atoms with Crippen LogP contribution in [0.2, 0.25) is 0 Å². The maximum absolute atomic E-state index is 13.3. The molecule has 0 saturated heterocycles. The van der Waals surface area contributed by atoms with E-state index in [9.17, 15) is 19.1 Å². The summed E-state index contributed by atoms with van der Waals surface area (Å²) in [7, 11) is 0. The Kier molecular flexibility index (Phi) is 5.64. The number of benzene rings is 1. The molecule has 10 heteroatoms. The van der Waals surface area contributed by atoms with Crippen LogP contribution in [0.5, 0.6) is 0 Å². The molecule has 0 unspecified atom stereocenters. The van der Waals surface area contributed by atoms with Gasteiger partial charge < -0.3 is 10.8 Å². The van der Waals surface area contributed by atoms with Crippen LogP contribution >= 0.6 is 0 Å². The van der Waals surface area contributed by atoms with Gasteiger partial charge in [0.05, 0.1) is 35.3 Å². The van der Waals surface area contributed by atoms with Gasteiger partial charge in [-0.1, -0.05) is 6.58 Å². The van der Waals surface area contributed by atoms with Crippen molar-refractivity contribution in [1.29, 1.82) is 0 Å². The van der Waals surface area contributed by atoms with Crippen molar-refractivity contribution < 1.29 is 19.1 Å². The summed E-state index contributed by atoms with van der Waals surface area (Å²) < 4.78 is 16.3. The Morgan fingerprint density at radius 3 is 2.49 bits per heavy atom. The van der Waals surface area contributed by atoms with Crippen LogP contribution in [-0.2, 0) is 4.79 Å². The number of carboxylic acid groups (broad SMARTS) is 1. The summed E-state index contributed by atoms with van der Waals surface area (Å²) in [5, 5.41) is 18.1. The minimum Gasteiger partial charge on any atom is -0.481 e. The number of hydrogen-bond donors (Lipinski definition) is 2. The lowest BCUT2D eigenvalue weighted by Gasteiger charge is -2.27. The molecule has 1 aromatic carbocycles. The van der Waals surface area contributed by atoms with E-state index in [1.165, 1.54) is 22.7 Å². The second-order valence-corrected chi connectivity index (χ2v) is 8.66. The molecule has 9 nitrogen and oxygen atoms in total. The number of allylic oxidation sites excluding steroid dienone is 1.